The van der Waals surface area contributed by atoms with E-state index in [2.05, 4.69) is 45.1 Å². The van der Waals surface area contributed by atoms with E-state index in [9.17, 15) is 15.0 Å². The zero-order valence-corrected chi connectivity index (χ0v) is 21.3. The third-order valence-electron chi connectivity index (χ3n) is 6.77. The minimum absolute atomic E-state index is 0.210. The van der Waals surface area contributed by atoms with Gasteiger partial charge in [-0.05, 0) is 75.0 Å². The van der Waals surface area contributed by atoms with Crippen molar-refractivity contribution in [2.45, 2.75) is 123 Å². The van der Waals surface area contributed by atoms with Crippen LogP contribution in [0.3, 0.4) is 0 Å². The smallest absolute Gasteiger partial charge is 0.305 e. The summed E-state index contributed by atoms with van der Waals surface area (Å²) in [5, 5.41) is 20.0. The van der Waals surface area contributed by atoms with Crippen LogP contribution < -0.4 is 0 Å². The van der Waals surface area contributed by atoms with E-state index in [1.54, 1.807) is 0 Å². The molecule has 4 nitrogen and oxygen atoms in total. The highest BCUT2D eigenvalue weighted by Gasteiger charge is 2.25. The quantitative estimate of drug-likeness (QED) is 0.107. The summed E-state index contributed by atoms with van der Waals surface area (Å²) in [6.07, 6.45) is 23.1. The van der Waals surface area contributed by atoms with E-state index in [0.29, 0.717) is 24.2 Å². The van der Waals surface area contributed by atoms with E-state index in [4.69, 9.17) is 4.74 Å². The van der Waals surface area contributed by atoms with E-state index in [1.807, 2.05) is 6.92 Å². The van der Waals surface area contributed by atoms with Crippen LogP contribution in [0.5, 0.6) is 0 Å². The summed E-state index contributed by atoms with van der Waals surface area (Å²) in [6.45, 7) is 8.69. The molecule has 4 heteroatoms. The second-order valence-corrected chi connectivity index (χ2v) is 10.6. The molecule has 2 atom stereocenters. The van der Waals surface area contributed by atoms with Crippen molar-refractivity contribution in [1.82, 2.24) is 0 Å². The molecule has 0 aliphatic heterocycles. The molecule has 32 heavy (non-hydrogen) atoms. The summed E-state index contributed by atoms with van der Waals surface area (Å²) in [7, 11) is 0. The topological polar surface area (TPSA) is 66.8 Å². The fraction of sp³-hybridized carbons (Fsp3) is 0.821. The van der Waals surface area contributed by atoms with Gasteiger partial charge in [0.05, 0.1) is 0 Å². The number of carbonyl (C=O) groups excluding carboxylic acids is 1. The Morgan fingerprint density at radius 2 is 1.75 bits per heavy atom. The molecule has 0 unspecified atom stereocenters. The normalized spacial score (nSPS) is 19.9. The van der Waals surface area contributed by atoms with Gasteiger partial charge < -0.3 is 14.9 Å². The Hall–Kier alpha value is -1.13. The van der Waals surface area contributed by atoms with Gasteiger partial charge in [0.25, 0.3) is 0 Å². The molecule has 2 N–H and O–H groups in total. The van der Waals surface area contributed by atoms with Crippen molar-refractivity contribution in [3.8, 4) is 0 Å². The van der Waals surface area contributed by atoms with Gasteiger partial charge >= 0.3 is 5.97 Å². The molecule has 0 aromatic rings. The van der Waals surface area contributed by atoms with Gasteiger partial charge in [0.2, 0.25) is 0 Å². The summed E-state index contributed by atoms with van der Waals surface area (Å²) in [4.78, 5) is 11.5. The molecule has 0 aromatic carbocycles. The standard InChI is InChI=1S/C28H50O4/c1-5-7-19-26(29)32-23-28(30,31)22-12-9-8-10-15-24-17-14-18-25(24)16-11-13-21-27(3,4)20-6-2/h8,10-11,16,24-25,30-31H,5-7,9,12-15,17-23H2,1-4H3/b10-8-,16-11+/t24-,25-/m0/s1. The molecule has 0 spiro atoms. The van der Waals surface area contributed by atoms with Gasteiger partial charge in [0, 0.05) is 12.8 Å². The van der Waals surface area contributed by atoms with Crippen LogP contribution in [0.15, 0.2) is 24.3 Å². The van der Waals surface area contributed by atoms with Crippen molar-refractivity contribution in [1.29, 1.82) is 0 Å². The highest BCUT2D eigenvalue weighted by molar-refractivity contribution is 5.69. The van der Waals surface area contributed by atoms with Crippen molar-refractivity contribution in [3.05, 3.63) is 24.3 Å². The summed E-state index contributed by atoms with van der Waals surface area (Å²) >= 11 is 0. The molecular formula is C28H50O4. The van der Waals surface area contributed by atoms with Crippen molar-refractivity contribution in [3.63, 3.8) is 0 Å². The maximum absolute atomic E-state index is 11.5. The van der Waals surface area contributed by atoms with Gasteiger partial charge in [-0.15, -0.1) is 0 Å². The predicted octanol–water partition coefficient (Wildman–Crippen LogP) is 7.10. The second-order valence-electron chi connectivity index (χ2n) is 10.6. The van der Waals surface area contributed by atoms with Crippen LogP contribution in [-0.4, -0.2) is 28.6 Å². The molecule has 0 amide bonds. The maximum atomic E-state index is 11.5. The second kappa shape index (κ2) is 15.7. The SMILES string of the molecule is CCCCC(=O)OCC(O)(O)CCC/C=C\C[C@H]1CCC[C@@H]1/C=C/CCC(C)(C)CCC. The van der Waals surface area contributed by atoms with E-state index >= 15 is 0 Å². The summed E-state index contributed by atoms with van der Waals surface area (Å²) in [5.41, 5.74) is 0.453. The Morgan fingerprint density at radius 1 is 0.969 bits per heavy atom. The lowest BCUT2D eigenvalue weighted by Crippen LogP contribution is -2.35. The highest BCUT2D eigenvalue weighted by Crippen LogP contribution is 2.36. The van der Waals surface area contributed by atoms with Gasteiger partial charge in [-0.25, -0.2) is 0 Å². The van der Waals surface area contributed by atoms with Crippen LogP contribution in [0.1, 0.15) is 118 Å². The molecule has 0 aromatic heterocycles. The first kappa shape index (κ1) is 28.9. The summed E-state index contributed by atoms with van der Waals surface area (Å²) in [6, 6.07) is 0. The van der Waals surface area contributed by atoms with Gasteiger partial charge in [0.15, 0.2) is 5.79 Å². The van der Waals surface area contributed by atoms with Crippen molar-refractivity contribution >= 4 is 5.97 Å². The molecule has 1 aliphatic carbocycles. The molecule has 1 fully saturated rings. The first-order valence-corrected chi connectivity index (χ1v) is 13.1. The van der Waals surface area contributed by atoms with Crippen LogP contribution in [-0.2, 0) is 9.53 Å². The highest BCUT2D eigenvalue weighted by atomic mass is 16.6. The number of hydrogen-bond donors (Lipinski definition) is 2. The molecule has 0 radical (unpaired) electrons. The lowest BCUT2D eigenvalue weighted by Gasteiger charge is -2.23. The predicted molar refractivity (Wildman–Crippen MR) is 133 cm³/mol. The number of allylic oxidation sites excluding steroid dienone is 4. The van der Waals surface area contributed by atoms with E-state index in [-0.39, 0.29) is 19.0 Å². The Labute approximate surface area is 197 Å². The number of carbonyl (C=O) groups is 1. The maximum Gasteiger partial charge on any atom is 0.305 e. The molecule has 186 valence electrons. The fourth-order valence-electron chi connectivity index (χ4n) is 4.71. The summed E-state index contributed by atoms with van der Waals surface area (Å²) in [5.74, 6) is -0.839. The summed E-state index contributed by atoms with van der Waals surface area (Å²) < 4.78 is 4.97. The number of esters is 1. The number of rotatable bonds is 17. The molecule has 1 aliphatic rings. The van der Waals surface area contributed by atoms with Gasteiger partial charge in [-0.1, -0.05) is 71.3 Å². The van der Waals surface area contributed by atoms with E-state index in [1.165, 1.54) is 44.9 Å². The lowest BCUT2D eigenvalue weighted by molar-refractivity contribution is -0.205. The molecule has 1 saturated carbocycles. The third kappa shape index (κ3) is 13.4. The van der Waals surface area contributed by atoms with E-state index in [0.717, 1.165) is 31.6 Å². The Balaban J connectivity index is 2.23. The molecular weight excluding hydrogens is 400 g/mol. The molecule has 0 saturated heterocycles. The van der Waals surface area contributed by atoms with Gasteiger partial charge in [-0.3, -0.25) is 4.79 Å². The minimum Gasteiger partial charge on any atom is -0.460 e. The Kier molecular flexibility index (Phi) is 14.1. The molecule has 0 heterocycles. The van der Waals surface area contributed by atoms with E-state index < -0.39 is 5.79 Å². The largest absolute Gasteiger partial charge is 0.460 e. The fourth-order valence-corrected chi connectivity index (χ4v) is 4.71. The van der Waals surface area contributed by atoms with Crippen LogP contribution in [0.2, 0.25) is 0 Å². The van der Waals surface area contributed by atoms with Crippen LogP contribution in [0.25, 0.3) is 0 Å². The Morgan fingerprint density at radius 3 is 2.47 bits per heavy atom. The first-order chi connectivity index (χ1) is 15.2. The van der Waals surface area contributed by atoms with Crippen LogP contribution in [0.4, 0.5) is 0 Å². The van der Waals surface area contributed by atoms with Crippen LogP contribution >= 0.6 is 0 Å². The van der Waals surface area contributed by atoms with Crippen molar-refractivity contribution in [2.75, 3.05) is 6.61 Å². The van der Waals surface area contributed by atoms with Crippen LogP contribution in [0, 0.1) is 17.3 Å². The monoisotopic (exact) mass is 450 g/mol. The average molecular weight is 451 g/mol. The zero-order valence-electron chi connectivity index (χ0n) is 21.3. The minimum atomic E-state index is -1.93. The zero-order chi connectivity index (χ0) is 23.9. The molecule has 1 rings (SSSR count). The number of ether oxygens (including phenoxy) is 1. The Bertz CT molecular complexity index is 562. The third-order valence-corrected chi connectivity index (χ3v) is 6.77. The van der Waals surface area contributed by atoms with Gasteiger partial charge in [-0.2, -0.15) is 0 Å². The molecule has 0 bridgehead atoms. The first-order valence-electron chi connectivity index (χ1n) is 13.1. The van der Waals surface area contributed by atoms with Crippen molar-refractivity contribution < 1.29 is 19.7 Å². The van der Waals surface area contributed by atoms with Gasteiger partial charge in [0.1, 0.15) is 6.61 Å². The number of hydrogen-bond acceptors (Lipinski definition) is 4. The number of aliphatic hydroxyl groups is 2. The average Bonchev–Trinajstić information content (AvgIpc) is 3.18. The number of unbranched alkanes of at least 4 members (excludes halogenated alkanes) is 2. The lowest BCUT2D eigenvalue weighted by atomic mass is 9.83. The van der Waals surface area contributed by atoms with Crippen molar-refractivity contribution in [2.24, 2.45) is 17.3 Å².